The van der Waals surface area contributed by atoms with Gasteiger partial charge in [0.15, 0.2) is 0 Å². The van der Waals surface area contributed by atoms with Crippen LogP contribution >= 0.6 is 0 Å². The first-order chi connectivity index (χ1) is 8.83. The van der Waals surface area contributed by atoms with Gasteiger partial charge in [-0.3, -0.25) is 0 Å². The average molecular weight is 245 g/mol. The van der Waals surface area contributed by atoms with Crippen LogP contribution in [0.25, 0.3) is 0 Å². The summed E-state index contributed by atoms with van der Waals surface area (Å²) in [6.45, 7) is 0.853. The molecule has 1 aliphatic heterocycles. The molecule has 1 aromatic carbocycles. The maximum atomic E-state index is 6.21. The fraction of sp³-hybridized carbons (Fsp3) is 0.625. The highest BCUT2D eigenvalue weighted by atomic mass is 16.5. The molecule has 18 heavy (non-hydrogen) atoms. The van der Waals surface area contributed by atoms with Gasteiger partial charge >= 0.3 is 0 Å². The molecule has 1 heterocycles. The summed E-state index contributed by atoms with van der Waals surface area (Å²) in [5, 5.41) is 0. The second kappa shape index (κ2) is 5.31. The third kappa shape index (κ3) is 2.54. The van der Waals surface area contributed by atoms with Crippen molar-refractivity contribution in [1.82, 2.24) is 0 Å². The first-order valence-electron chi connectivity index (χ1n) is 7.33. The SMILES string of the molecule is NC1CCCCC1CCc1ccc2c(c1)CCO2. The molecule has 0 aromatic heterocycles. The second-order valence-corrected chi connectivity index (χ2v) is 5.79. The van der Waals surface area contributed by atoms with Crippen LogP contribution in [0.1, 0.15) is 43.2 Å². The van der Waals surface area contributed by atoms with Crippen LogP contribution < -0.4 is 10.5 Å². The van der Waals surface area contributed by atoms with Crippen molar-refractivity contribution < 1.29 is 4.74 Å². The summed E-state index contributed by atoms with van der Waals surface area (Å²) in [6, 6.07) is 7.13. The lowest BCUT2D eigenvalue weighted by molar-refractivity contribution is 0.292. The molecule has 98 valence electrons. The Labute approximate surface area is 110 Å². The standard InChI is InChI=1S/C16H23NO/c17-15-4-2-1-3-13(15)7-5-12-6-8-16-14(11-12)9-10-18-16/h6,8,11,13,15H,1-5,7,9-10,17H2. The van der Waals surface area contributed by atoms with E-state index in [1.165, 1.54) is 49.7 Å². The van der Waals surface area contributed by atoms with Gasteiger partial charge in [-0.2, -0.15) is 0 Å². The van der Waals surface area contributed by atoms with Gasteiger partial charge in [-0.05, 0) is 48.8 Å². The lowest BCUT2D eigenvalue weighted by Crippen LogP contribution is -2.33. The van der Waals surface area contributed by atoms with E-state index >= 15 is 0 Å². The highest BCUT2D eigenvalue weighted by Gasteiger charge is 2.21. The van der Waals surface area contributed by atoms with Gasteiger partial charge in [0.05, 0.1) is 6.61 Å². The van der Waals surface area contributed by atoms with Crippen LogP contribution in [0.5, 0.6) is 5.75 Å². The van der Waals surface area contributed by atoms with Crippen molar-refractivity contribution >= 4 is 0 Å². The summed E-state index contributed by atoms with van der Waals surface area (Å²) in [4.78, 5) is 0. The zero-order chi connectivity index (χ0) is 12.4. The van der Waals surface area contributed by atoms with Gasteiger partial charge in [-0.15, -0.1) is 0 Å². The van der Waals surface area contributed by atoms with Gasteiger partial charge < -0.3 is 10.5 Å². The Morgan fingerprint density at radius 3 is 3.00 bits per heavy atom. The highest BCUT2D eigenvalue weighted by molar-refractivity contribution is 5.39. The Balaban J connectivity index is 1.59. The molecule has 3 rings (SSSR count). The monoisotopic (exact) mass is 245 g/mol. The summed E-state index contributed by atoms with van der Waals surface area (Å²) in [5.74, 6) is 1.83. The number of hydrogen-bond acceptors (Lipinski definition) is 2. The maximum Gasteiger partial charge on any atom is 0.122 e. The molecule has 0 radical (unpaired) electrons. The molecule has 0 bridgehead atoms. The third-order valence-electron chi connectivity index (χ3n) is 4.53. The molecule has 2 unspecified atom stereocenters. The fourth-order valence-electron chi connectivity index (χ4n) is 3.34. The van der Waals surface area contributed by atoms with Gasteiger partial charge in [-0.1, -0.05) is 25.0 Å². The highest BCUT2D eigenvalue weighted by Crippen LogP contribution is 2.29. The number of aryl methyl sites for hydroxylation is 1. The van der Waals surface area contributed by atoms with Crippen molar-refractivity contribution in [1.29, 1.82) is 0 Å². The average Bonchev–Trinajstić information content (AvgIpc) is 2.85. The fourth-order valence-corrected chi connectivity index (χ4v) is 3.34. The summed E-state index contributed by atoms with van der Waals surface area (Å²) >= 11 is 0. The summed E-state index contributed by atoms with van der Waals surface area (Å²) in [5.41, 5.74) is 9.06. The van der Waals surface area contributed by atoms with E-state index in [9.17, 15) is 0 Å². The molecule has 1 saturated carbocycles. The van der Waals surface area contributed by atoms with Crippen molar-refractivity contribution in [3.05, 3.63) is 29.3 Å². The number of ether oxygens (including phenoxy) is 1. The molecular formula is C16H23NO. The lowest BCUT2D eigenvalue weighted by atomic mass is 9.81. The normalized spacial score (nSPS) is 26.7. The zero-order valence-corrected chi connectivity index (χ0v) is 11.0. The van der Waals surface area contributed by atoms with E-state index in [4.69, 9.17) is 10.5 Å². The van der Waals surface area contributed by atoms with Crippen molar-refractivity contribution in [2.75, 3.05) is 6.61 Å². The van der Waals surface area contributed by atoms with Crippen LogP contribution in [0.2, 0.25) is 0 Å². The van der Waals surface area contributed by atoms with Gasteiger partial charge in [0, 0.05) is 12.5 Å². The van der Waals surface area contributed by atoms with E-state index in [1.807, 2.05) is 0 Å². The smallest absolute Gasteiger partial charge is 0.122 e. The van der Waals surface area contributed by atoms with Crippen LogP contribution in [0.4, 0.5) is 0 Å². The molecule has 1 fully saturated rings. The third-order valence-corrected chi connectivity index (χ3v) is 4.53. The molecule has 2 N–H and O–H groups in total. The van der Waals surface area contributed by atoms with Gasteiger partial charge in [0.2, 0.25) is 0 Å². The number of benzene rings is 1. The predicted octanol–water partition coefficient (Wildman–Crippen LogP) is 3.07. The first kappa shape index (κ1) is 12.0. The van der Waals surface area contributed by atoms with Gasteiger partial charge in [0.25, 0.3) is 0 Å². The molecule has 2 nitrogen and oxygen atoms in total. The van der Waals surface area contributed by atoms with Crippen molar-refractivity contribution in [3.63, 3.8) is 0 Å². The molecule has 1 aromatic rings. The number of hydrogen-bond donors (Lipinski definition) is 1. The van der Waals surface area contributed by atoms with Crippen molar-refractivity contribution in [3.8, 4) is 5.75 Å². The van der Waals surface area contributed by atoms with E-state index in [2.05, 4.69) is 18.2 Å². The Hall–Kier alpha value is -1.02. The van der Waals surface area contributed by atoms with Crippen LogP contribution in [0, 0.1) is 5.92 Å². The minimum absolute atomic E-state index is 0.441. The van der Waals surface area contributed by atoms with E-state index in [0.29, 0.717) is 6.04 Å². The summed E-state index contributed by atoms with van der Waals surface area (Å²) < 4.78 is 5.54. The molecule has 0 amide bonds. The van der Waals surface area contributed by atoms with E-state index < -0.39 is 0 Å². The Morgan fingerprint density at radius 1 is 1.22 bits per heavy atom. The minimum atomic E-state index is 0.441. The van der Waals surface area contributed by atoms with Crippen LogP contribution in [0.15, 0.2) is 18.2 Å². The van der Waals surface area contributed by atoms with Crippen LogP contribution in [0.3, 0.4) is 0 Å². The van der Waals surface area contributed by atoms with Gasteiger partial charge in [-0.25, -0.2) is 0 Å². The van der Waals surface area contributed by atoms with Crippen molar-refractivity contribution in [2.24, 2.45) is 11.7 Å². The predicted molar refractivity (Wildman–Crippen MR) is 73.9 cm³/mol. The van der Waals surface area contributed by atoms with E-state index in [1.54, 1.807) is 0 Å². The van der Waals surface area contributed by atoms with Gasteiger partial charge in [0.1, 0.15) is 5.75 Å². The summed E-state index contributed by atoms with van der Waals surface area (Å²) in [7, 11) is 0. The molecule has 0 saturated heterocycles. The first-order valence-corrected chi connectivity index (χ1v) is 7.33. The number of fused-ring (bicyclic) bond motifs is 1. The molecule has 2 atom stereocenters. The maximum absolute atomic E-state index is 6.21. The lowest BCUT2D eigenvalue weighted by Gasteiger charge is -2.28. The van der Waals surface area contributed by atoms with E-state index in [-0.39, 0.29) is 0 Å². The second-order valence-electron chi connectivity index (χ2n) is 5.79. The Bertz CT molecular complexity index is 416. The molecule has 2 heteroatoms. The topological polar surface area (TPSA) is 35.2 Å². The van der Waals surface area contributed by atoms with E-state index in [0.717, 1.165) is 24.7 Å². The number of rotatable bonds is 3. The van der Waals surface area contributed by atoms with Crippen LogP contribution in [-0.2, 0) is 12.8 Å². The summed E-state index contributed by atoms with van der Waals surface area (Å²) in [6.07, 6.45) is 8.75. The quantitative estimate of drug-likeness (QED) is 0.888. The molecular weight excluding hydrogens is 222 g/mol. The minimum Gasteiger partial charge on any atom is -0.493 e. The molecule has 2 aliphatic rings. The Morgan fingerprint density at radius 2 is 2.11 bits per heavy atom. The van der Waals surface area contributed by atoms with Crippen LogP contribution in [-0.4, -0.2) is 12.6 Å². The molecule has 1 aliphatic carbocycles. The Kier molecular flexibility index (Phi) is 3.55. The number of nitrogens with two attached hydrogens (primary N) is 1. The molecule has 0 spiro atoms. The largest absolute Gasteiger partial charge is 0.493 e. The van der Waals surface area contributed by atoms with Crippen molar-refractivity contribution in [2.45, 2.75) is 51.0 Å². The zero-order valence-electron chi connectivity index (χ0n) is 11.0.